The molecule has 1 aromatic carbocycles. The number of halogens is 1. The van der Waals surface area contributed by atoms with Gasteiger partial charge in [-0.15, -0.1) is 0 Å². The quantitative estimate of drug-likeness (QED) is 0.670. The third kappa shape index (κ3) is 3.11. The molecule has 0 aliphatic carbocycles. The molecule has 7 nitrogen and oxygen atoms in total. The number of nitrogens with zero attached hydrogens (tertiary/aromatic N) is 2. The van der Waals surface area contributed by atoms with E-state index in [2.05, 4.69) is 26.2 Å². The molecule has 0 spiro atoms. The van der Waals surface area contributed by atoms with Crippen molar-refractivity contribution < 1.29 is 14.5 Å². The molecule has 0 unspecified atom stereocenters. The highest BCUT2D eigenvalue weighted by Crippen LogP contribution is 2.27. The summed E-state index contributed by atoms with van der Waals surface area (Å²) in [6.45, 7) is 0. The maximum Gasteiger partial charge on any atom is 0.273 e. The minimum absolute atomic E-state index is 0.132. The van der Waals surface area contributed by atoms with Crippen LogP contribution in [0.1, 0.15) is 10.4 Å². The van der Waals surface area contributed by atoms with Gasteiger partial charge in [-0.25, -0.2) is 4.98 Å². The Hall–Kier alpha value is -2.00. The highest BCUT2D eigenvalue weighted by Gasteiger charge is 2.17. The van der Waals surface area contributed by atoms with Crippen LogP contribution in [0, 0.1) is 10.1 Å². The number of anilines is 1. The Bertz CT molecular complexity index is 673. The van der Waals surface area contributed by atoms with Gasteiger partial charge >= 0.3 is 0 Å². The van der Waals surface area contributed by atoms with Crippen molar-refractivity contribution in [1.29, 1.82) is 0 Å². The molecule has 2 rings (SSSR count). The summed E-state index contributed by atoms with van der Waals surface area (Å²) in [5, 5.41) is 13.7. The van der Waals surface area contributed by atoms with Gasteiger partial charge in [0.2, 0.25) is 0 Å². The van der Waals surface area contributed by atoms with E-state index < -0.39 is 10.8 Å². The van der Waals surface area contributed by atoms with Crippen LogP contribution in [0.25, 0.3) is 0 Å². The topological polar surface area (TPSA) is 94.4 Å². The van der Waals surface area contributed by atoms with Gasteiger partial charge in [-0.05, 0) is 22.0 Å². The van der Waals surface area contributed by atoms with Gasteiger partial charge in [0.25, 0.3) is 11.6 Å². The van der Waals surface area contributed by atoms with Crippen molar-refractivity contribution in [1.82, 2.24) is 4.98 Å². The summed E-state index contributed by atoms with van der Waals surface area (Å²) >= 11 is 4.49. The number of amides is 1. The van der Waals surface area contributed by atoms with Crippen molar-refractivity contribution in [3.8, 4) is 5.75 Å². The van der Waals surface area contributed by atoms with Crippen LogP contribution in [0.2, 0.25) is 0 Å². The van der Waals surface area contributed by atoms with E-state index in [1.165, 1.54) is 36.6 Å². The molecule has 104 valence electrons. The lowest BCUT2D eigenvalue weighted by atomic mass is 10.1. The second-order valence-electron chi connectivity index (χ2n) is 3.57. The molecule has 0 atom stereocenters. The van der Waals surface area contributed by atoms with Crippen molar-refractivity contribution in [2.45, 2.75) is 0 Å². The van der Waals surface area contributed by atoms with Crippen LogP contribution in [0.5, 0.6) is 5.75 Å². The Labute approximate surface area is 125 Å². The van der Waals surface area contributed by atoms with Gasteiger partial charge in [-0.2, -0.15) is 0 Å². The molecule has 1 heterocycles. The SMILES string of the molecule is COc1cc([N+](=O)[O-])ccc1C(=O)Nc1ncc(Br)s1. The predicted molar refractivity (Wildman–Crippen MR) is 77.4 cm³/mol. The second-order valence-corrected chi connectivity index (χ2v) is 5.98. The Morgan fingerprint density at radius 1 is 1.55 bits per heavy atom. The number of nitro benzene ring substituents is 1. The van der Waals surface area contributed by atoms with E-state index in [9.17, 15) is 14.9 Å². The lowest BCUT2D eigenvalue weighted by molar-refractivity contribution is -0.384. The summed E-state index contributed by atoms with van der Waals surface area (Å²) in [4.78, 5) is 26.2. The number of carbonyl (C=O) groups is 1. The molecule has 1 amide bonds. The van der Waals surface area contributed by atoms with E-state index in [-0.39, 0.29) is 17.0 Å². The lowest BCUT2D eigenvalue weighted by Crippen LogP contribution is -2.13. The van der Waals surface area contributed by atoms with Crippen molar-refractivity contribution >= 4 is 44.0 Å². The van der Waals surface area contributed by atoms with Gasteiger partial charge in [0.05, 0.1) is 33.6 Å². The van der Waals surface area contributed by atoms with Gasteiger partial charge in [0.15, 0.2) is 5.13 Å². The van der Waals surface area contributed by atoms with E-state index in [1.54, 1.807) is 6.20 Å². The first-order chi connectivity index (χ1) is 9.51. The molecule has 1 aromatic heterocycles. The van der Waals surface area contributed by atoms with Crippen molar-refractivity contribution in [2.24, 2.45) is 0 Å². The fraction of sp³-hybridized carbons (Fsp3) is 0.0909. The van der Waals surface area contributed by atoms with E-state index in [0.29, 0.717) is 5.13 Å². The maximum atomic E-state index is 12.1. The number of hydrogen-bond donors (Lipinski definition) is 1. The normalized spacial score (nSPS) is 10.1. The molecule has 0 saturated carbocycles. The molecule has 2 aromatic rings. The average Bonchev–Trinajstić information content (AvgIpc) is 2.83. The number of methoxy groups -OCH3 is 1. The standard InChI is InChI=1S/C11H8BrN3O4S/c1-19-8-4-6(15(17)18)2-3-7(8)10(16)14-11-13-5-9(12)20-11/h2-5H,1H3,(H,13,14,16). The van der Waals surface area contributed by atoms with Crippen LogP contribution >= 0.6 is 27.3 Å². The Balaban J connectivity index is 2.27. The number of carbonyl (C=O) groups excluding carboxylic acids is 1. The molecule has 0 bridgehead atoms. The summed E-state index contributed by atoms with van der Waals surface area (Å²) in [5.41, 5.74) is 0.0554. The van der Waals surface area contributed by atoms with Gasteiger partial charge < -0.3 is 4.74 Å². The average molecular weight is 358 g/mol. The minimum Gasteiger partial charge on any atom is -0.496 e. The van der Waals surface area contributed by atoms with Gasteiger partial charge in [0.1, 0.15) is 5.75 Å². The molecule has 0 aliphatic heterocycles. The zero-order chi connectivity index (χ0) is 14.7. The van der Waals surface area contributed by atoms with Crippen molar-refractivity contribution in [3.05, 3.63) is 43.9 Å². The number of hydrogen-bond acceptors (Lipinski definition) is 6. The first-order valence-corrected chi connectivity index (χ1v) is 6.87. The Kier molecular flexibility index (Phi) is 4.30. The van der Waals surface area contributed by atoms with Crippen LogP contribution < -0.4 is 10.1 Å². The number of non-ortho nitro benzene ring substituents is 1. The number of rotatable bonds is 4. The third-order valence-electron chi connectivity index (χ3n) is 2.34. The molecular weight excluding hydrogens is 350 g/mol. The second kappa shape index (κ2) is 5.97. The van der Waals surface area contributed by atoms with Crippen LogP contribution in [-0.4, -0.2) is 22.9 Å². The van der Waals surface area contributed by atoms with Crippen LogP contribution in [0.3, 0.4) is 0 Å². The number of ether oxygens (including phenoxy) is 1. The molecule has 9 heteroatoms. The molecule has 0 radical (unpaired) electrons. The molecule has 20 heavy (non-hydrogen) atoms. The molecular formula is C11H8BrN3O4S. The smallest absolute Gasteiger partial charge is 0.273 e. The van der Waals surface area contributed by atoms with E-state index in [4.69, 9.17) is 4.74 Å². The van der Waals surface area contributed by atoms with E-state index >= 15 is 0 Å². The summed E-state index contributed by atoms with van der Waals surface area (Å²) in [7, 11) is 1.34. The third-order valence-corrected chi connectivity index (χ3v) is 3.73. The molecule has 0 fully saturated rings. The van der Waals surface area contributed by atoms with Crippen molar-refractivity contribution in [3.63, 3.8) is 0 Å². The Morgan fingerprint density at radius 3 is 2.85 bits per heavy atom. The fourth-order valence-corrected chi connectivity index (χ4v) is 2.56. The zero-order valence-corrected chi connectivity index (χ0v) is 12.5. The zero-order valence-electron chi connectivity index (χ0n) is 10.1. The van der Waals surface area contributed by atoms with Crippen LogP contribution in [0.4, 0.5) is 10.8 Å². The van der Waals surface area contributed by atoms with E-state index in [1.807, 2.05) is 0 Å². The number of benzene rings is 1. The molecule has 0 saturated heterocycles. The van der Waals surface area contributed by atoms with Crippen LogP contribution in [0.15, 0.2) is 28.2 Å². The lowest BCUT2D eigenvalue weighted by Gasteiger charge is -2.07. The van der Waals surface area contributed by atoms with Gasteiger partial charge in [0, 0.05) is 6.07 Å². The predicted octanol–water partition coefficient (Wildman–Crippen LogP) is 3.07. The minimum atomic E-state index is -0.553. The highest BCUT2D eigenvalue weighted by atomic mass is 79.9. The van der Waals surface area contributed by atoms with Crippen molar-refractivity contribution in [2.75, 3.05) is 12.4 Å². The van der Waals surface area contributed by atoms with E-state index in [0.717, 1.165) is 3.79 Å². The first-order valence-electron chi connectivity index (χ1n) is 5.26. The highest BCUT2D eigenvalue weighted by molar-refractivity contribution is 9.11. The summed E-state index contributed by atoms with van der Waals surface area (Å²) in [6, 6.07) is 3.79. The number of thiazole rings is 1. The number of nitrogens with one attached hydrogen (secondary N) is 1. The first kappa shape index (κ1) is 14.4. The van der Waals surface area contributed by atoms with Gasteiger partial charge in [-0.3, -0.25) is 20.2 Å². The van der Waals surface area contributed by atoms with Gasteiger partial charge in [-0.1, -0.05) is 11.3 Å². The van der Waals surface area contributed by atoms with Crippen LogP contribution in [-0.2, 0) is 0 Å². The number of aromatic nitrogens is 1. The number of nitro groups is 1. The monoisotopic (exact) mass is 357 g/mol. The fourth-order valence-electron chi connectivity index (χ4n) is 1.46. The molecule has 1 N–H and O–H groups in total. The largest absolute Gasteiger partial charge is 0.496 e. The Morgan fingerprint density at radius 2 is 2.30 bits per heavy atom. The molecule has 0 aliphatic rings. The summed E-state index contributed by atoms with van der Waals surface area (Å²) in [5.74, 6) is -0.314. The summed E-state index contributed by atoms with van der Waals surface area (Å²) < 4.78 is 5.79. The maximum absolute atomic E-state index is 12.1. The summed E-state index contributed by atoms with van der Waals surface area (Å²) in [6.07, 6.45) is 1.56.